The minimum atomic E-state index is -0.126. The van der Waals surface area contributed by atoms with Gasteiger partial charge in [-0.2, -0.15) is 0 Å². The zero-order valence-electron chi connectivity index (χ0n) is 16.3. The van der Waals surface area contributed by atoms with Crippen LogP contribution in [0, 0.1) is 5.82 Å². The molecule has 0 fully saturated rings. The number of ether oxygens (including phenoxy) is 2. The van der Waals surface area contributed by atoms with E-state index in [9.17, 15) is 4.39 Å². The summed E-state index contributed by atoms with van der Waals surface area (Å²) in [7, 11) is 0. The van der Waals surface area contributed by atoms with Gasteiger partial charge in [0, 0.05) is 18.4 Å². The highest BCUT2D eigenvalue weighted by molar-refractivity contribution is 5.99. The van der Waals surface area contributed by atoms with Crippen molar-refractivity contribution in [2.24, 2.45) is 0 Å². The molecule has 28 heavy (non-hydrogen) atoms. The van der Waals surface area contributed by atoms with Crippen LogP contribution in [0.15, 0.2) is 36.4 Å². The number of nitrogens with zero attached hydrogens (tertiary/aromatic N) is 1. The second-order valence-electron chi connectivity index (χ2n) is 7.38. The Bertz CT molecular complexity index is 866. The number of fused-ring (bicyclic) bond motifs is 2. The summed E-state index contributed by atoms with van der Waals surface area (Å²) < 4.78 is 27.8. The lowest BCUT2D eigenvalue weighted by molar-refractivity contribution is -0.546. The van der Waals surface area contributed by atoms with E-state index in [0.717, 1.165) is 42.9 Å². The van der Waals surface area contributed by atoms with Crippen LogP contribution in [0.4, 0.5) is 4.39 Å². The maximum absolute atomic E-state index is 14.2. The molecule has 0 saturated carbocycles. The zero-order chi connectivity index (χ0) is 18.6. The molecule has 0 unspecified atom stereocenters. The first-order valence-electron chi connectivity index (χ1n) is 10.0. The molecule has 4 rings (SSSR count). The van der Waals surface area contributed by atoms with E-state index >= 15 is 0 Å². The van der Waals surface area contributed by atoms with E-state index in [2.05, 4.69) is 23.6 Å². The Morgan fingerprint density at radius 2 is 1.82 bits per heavy atom. The average molecular weight is 404 g/mol. The molecule has 3 nitrogen and oxygen atoms in total. The highest BCUT2D eigenvalue weighted by Crippen LogP contribution is 2.37. The van der Waals surface area contributed by atoms with Crippen molar-refractivity contribution in [3.05, 3.63) is 58.9 Å². The van der Waals surface area contributed by atoms with Gasteiger partial charge in [0.2, 0.25) is 6.79 Å². The van der Waals surface area contributed by atoms with Gasteiger partial charge in [0.25, 0.3) is 0 Å². The minimum absolute atomic E-state index is 0. The number of hydrogen-bond acceptors (Lipinski definition) is 2. The molecule has 0 radical (unpaired) electrons. The van der Waals surface area contributed by atoms with Crippen molar-refractivity contribution >= 4 is 5.71 Å². The van der Waals surface area contributed by atoms with Gasteiger partial charge in [-0.05, 0) is 36.2 Å². The van der Waals surface area contributed by atoms with Crippen molar-refractivity contribution in [2.45, 2.75) is 52.0 Å². The largest absolute Gasteiger partial charge is 1.00 e. The topological polar surface area (TPSA) is 21.5 Å². The quantitative estimate of drug-likeness (QED) is 0.521. The van der Waals surface area contributed by atoms with E-state index in [1.165, 1.54) is 36.1 Å². The van der Waals surface area contributed by atoms with Crippen molar-refractivity contribution in [2.75, 3.05) is 13.3 Å². The maximum Gasteiger partial charge on any atom is 0.231 e. The molecule has 150 valence electrons. The Balaban J connectivity index is 0.00000225. The number of benzene rings is 2. The maximum atomic E-state index is 14.2. The monoisotopic (exact) mass is 403 g/mol. The van der Waals surface area contributed by atoms with Crippen LogP contribution in [0.25, 0.3) is 0 Å². The number of hydrogen-bond donors (Lipinski definition) is 0. The Morgan fingerprint density at radius 1 is 1.04 bits per heavy atom. The summed E-state index contributed by atoms with van der Waals surface area (Å²) in [6.45, 7) is 4.05. The van der Waals surface area contributed by atoms with Crippen LogP contribution >= 0.6 is 0 Å². The fourth-order valence-electron chi connectivity index (χ4n) is 4.04. The zero-order valence-corrected chi connectivity index (χ0v) is 17.1. The second-order valence-corrected chi connectivity index (χ2v) is 7.38. The molecule has 2 aromatic carbocycles. The summed E-state index contributed by atoms with van der Waals surface area (Å²) in [6, 6.07) is 11.4. The SMILES string of the molecule is CCCCCCC1=[N+](Cc2ccccc2F)CCc2cc3c(cc21)OCO3.[Cl-]. The smallest absolute Gasteiger partial charge is 0.231 e. The molecule has 0 aromatic heterocycles. The molecule has 0 N–H and O–H groups in total. The van der Waals surface area contributed by atoms with Crippen molar-refractivity contribution in [3.63, 3.8) is 0 Å². The van der Waals surface area contributed by atoms with Crippen LogP contribution in [0.5, 0.6) is 11.5 Å². The lowest BCUT2D eigenvalue weighted by atomic mass is 9.92. The first-order valence-corrected chi connectivity index (χ1v) is 10.0. The van der Waals surface area contributed by atoms with E-state index in [0.29, 0.717) is 13.3 Å². The van der Waals surface area contributed by atoms with Gasteiger partial charge in [0.15, 0.2) is 23.8 Å². The summed E-state index contributed by atoms with van der Waals surface area (Å²) >= 11 is 0. The Morgan fingerprint density at radius 3 is 2.61 bits per heavy atom. The van der Waals surface area contributed by atoms with Gasteiger partial charge in [-0.25, -0.2) is 8.97 Å². The summed E-state index contributed by atoms with van der Waals surface area (Å²) in [6.07, 6.45) is 6.83. The van der Waals surface area contributed by atoms with Gasteiger partial charge in [0.1, 0.15) is 12.4 Å². The molecule has 0 spiro atoms. The fourth-order valence-corrected chi connectivity index (χ4v) is 4.04. The Kier molecular flexibility index (Phi) is 6.95. The lowest BCUT2D eigenvalue weighted by Gasteiger charge is -2.20. The van der Waals surface area contributed by atoms with Crippen LogP contribution in [0.3, 0.4) is 0 Å². The molecule has 0 bridgehead atoms. The first kappa shape index (κ1) is 20.7. The Hall–Kier alpha value is -2.07. The summed E-state index contributed by atoms with van der Waals surface area (Å²) in [5.74, 6) is 1.55. The van der Waals surface area contributed by atoms with E-state index in [1.54, 1.807) is 12.1 Å². The number of unbranched alkanes of at least 4 members (excludes halogenated alkanes) is 3. The van der Waals surface area contributed by atoms with Crippen LogP contribution in [-0.2, 0) is 13.0 Å². The van der Waals surface area contributed by atoms with Crippen LogP contribution in [0.2, 0.25) is 0 Å². The summed E-state index contributed by atoms with van der Waals surface area (Å²) in [4.78, 5) is 0. The predicted octanol–water partition coefficient (Wildman–Crippen LogP) is 2.09. The highest BCUT2D eigenvalue weighted by atomic mass is 35.5. The highest BCUT2D eigenvalue weighted by Gasteiger charge is 2.29. The molecule has 0 atom stereocenters. The van der Waals surface area contributed by atoms with Crippen molar-refractivity contribution in [1.29, 1.82) is 0 Å². The number of rotatable bonds is 7. The molecule has 2 heterocycles. The van der Waals surface area contributed by atoms with Gasteiger partial charge < -0.3 is 21.9 Å². The van der Waals surface area contributed by atoms with Gasteiger partial charge in [-0.3, -0.25) is 0 Å². The van der Waals surface area contributed by atoms with E-state index in [-0.39, 0.29) is 18.2 Å². The first-order chi connectivity index (χ1) is 13.3. The molecule has 0 aliphatic carbocycles. The van der Waals surface area contributed by atoms with Crippen molar-refractivity contribution in [1.82, 2.24) is 0 Å². The van der Waals surface area contributed by atoms with E-state index in [4.69, 9.17) is 9.47 Å². The van der Waals surface area contributed by atoms with Gasteiger partial charge in [-0.15, -0.1) is 0 Å². The minimum Gasteiger partial charge on any atom is -1.00 e. The third-order valence-electron chi connectivity index (χ3n) is 5.53. The summed E-state index contributed by atoms with van der Waals surface area (Å²) in [5, 5.41) is 0. The second kappa shape index (κ2) is 9.42. The average Bonchev–Trinajstić information content (AvgIpc) is 3.14. The fraction of sp³-hybridized carbons (Fsp3) is 0.435. The predicted molar refractivity (Wildman–Crippen MR) is 104 cm³/mol. The summed E-state index contributed by atoms with van der Waals surface area (Å²) in [5.41, 5.74) is 4.63. The molecule has 2 aromatic rings. The number of halogens is 2. The molecule has 5 heteroatoms. The molecule has 2 aliphatic rings. The molecule has 0 saturated heterocycles. The van der Waals surface area contributed by atoms with Gasteiger partial charge in [-0.1, -0.05) is 38.3 Å². The van der Waals surface area contributed by atoms with Crippen molar-refractivity contribution in [3.8, 4) is 11.5 Å². The normalized spacial score (nSPS) is 14.6. The van der Waals surface area contributed by atoms with Gasteiger partial charge in [0.05, 0.1) is 5.56 Å². The molecular weight excluding hydrogens is 377 g/mol. The third kappa shape index (κ3) is 4.33. The Labute approximate surface area is 172 Å². The molecular formula is C23H27ClFNO2. The van der Waals surface area contributed by atoms with Crippen molar-refractivity contribution < 1.29 is 30.8 Å². The van der Waals surface area contributed by atoms with E-state index in [1.807, 2.05) is 12.1 Å². The van der Waals surface area contributed by atoms with Crippen LogP contribution in [0.1, 0.15) is 55.7 Å². The van der Waals surface area contributed by atoms with Gasteiger partial charge >= 0.3 is 0 Å². The standard InChI is InChI=1S/C23H27FNO2.ClH/c1-2-3-4-5-10-21-19-14-23-22(26-16-27-23)13-17(19)11-12-25(21)15-18-8-6-7-9-20(18)24;/h6-9,13-14H,2-5,10-12,15-16H2,1H3;1H/q+1;/p-1. The van der Waals surface area contributed by atoms with E-state index < -0.39 is 0 Å². The lowest BCUT2D eigenvalue weighted by Crippen LogP contribution is -3.00. The molecule has 0 amide bonds. The third-order valence-corrected chi connectivity index (χ3v) is 5.53. The molecule has 2 aliphatic heterocycles. The van der Waals surface area contributed by atoms with Crippen LogP contribution < -0.4 is 21.9 Å². The van der Waals surface area contributed by atoms with Crippen LogP contribution in [-0.4, -0.2) is 23.6 Å².